The van der Waals surface area contributed by atoms with Crippen LogP contribution in [-0.4, -0.2) is 0 Å². The molecule has 82 valence electrons. The Hall–Kier alpha value is -0.520. The van der Waals surface area contributed by atoms with Crippen LogP contribution in [0.1, 0.15) is 66.6 Å². The summed E-state index contributed by atoms with van der Waals surface area (Å²) in [7, 11) is 0. The Morgan fingerprint density at radius 2 is 1.57 bits per heavy atom. The summed E-state index contributed by atoms with van der Waals surface area (Å²) in [6, 6.07) is 0. The fourth-order valence-electron chi connectivity index (χ4n) is 1.28. The lowest BCUT2D eigenvalue weighted by Crippen LogP contribution is -1.70. The van der Waals surface area contributed by atoms with Gasteiger partial charge in [-0.2, -0.15) is 0 Å². The zero-order valence-electron chi connectivity index (χ0n) is 10.7. The Morgan fingerprint density at radius 1 is 0.857 bits per heavy atom. The Kier molecular flexibility index (Phi) is 10.3. The van der Waals surface area contributed by atoms with Crippen molar-refractivity contribution in [3.63, 3.8) is 0 Å². The van der Waals surface area contributed by atoms with Gasteiger partial charge in [-0.15, -0.1) is 0 Å². The van der Waals surface area contributed by atoms with Crippen molar-refractivity contribution in [1.82, 2.24) is 0 Å². The van der Waals surface area contributed by atoms with E-state index in [9.17, 15) is 0 Å². The molecule has 0 N–H and O–H groups in total. The van der Waals surface area contributed by atoms with Crippen molar-refractivity contribution >= 4 is 0 Å². The SMILES string of the molecule is [2H]CCCC/C=C\C/C=C\CCCCC. The predicted molar refractivity (Wildman–Crippen MR) is 66.6 cm³/mol. The second-order valence-electron chi connectivity index (χ2n) is 3.67. The zero-order valence-corrected chi connectivity index (χ0v) is 9.67. The smallest absolute Gasteiger partial charge is 0.0230 e. The molecule has 0 heterocycles. The first kappa shape index (κ1) is 11.6. The minimum Gasteiger partial charge on any atom is -0.0882 e. The topological polar surface area (TPSA) is 0 Å². The van der Waals surface area contributed by atoms with Gasteiger partial charge in [0.2, 0.25) is 0 Å². The molecule has 0 radical (unpaired) electrons. The molecule has 14 heavy (non-hydrogen) atoms. The summed E-state index contributed by atoms with van der Waals surface area (Å²) in [5.41, 5.74) is 0. The molecule has 0 amide bonds. The van der Waals surface area contributed by atoms with Crippen LogP contribution in [0.15, 0.2) is 24.3 Å². The maximum absolute atomic E-state index is 6.99. The normalized spacial score (nSPS) is 12.8. The highest BCUT2D eigenvalue weighted by Gasteiger charge is 1.81. The van der Waals surface area contributed by atoms with E-state index in [4.69, 9.17) is 1.37 Å². The summed E-state index contributed by atoms with van der Waals surface area (Å²) in [6.07, 6.45) is 18.7. The minimum atomic E-state index is 0.575. The molecule has 0 atom stereocenters. The van der Waals surface area contributed by atoms with Crippen LogP contribution in [0, 0.1) is 0 Å². The molecule has 0 saturated heterocycles. The van der Waals surface area contributed by atoms with Crippen LogP contribution in [0.4, 0.5) is 0 Å². The van der Waals surface area contributed by atoms with E-state index >= 15 is 0 Å². The summed E-state index contributed by atoms with van der Waals surface area (Å²) >= 11 is 0. The van der Waals surface area contributed by atoms with Crippen LogP contribution in [0.25, 0.3) is 0 Å². The van der Waals surface area contributed by atoms with Crippen LogP contribution in [0.3, 0.4) is 0 Å². The Bertz CT molecular complexity index is 141. The molecule has 0 bridgehead atoms. The maximum atomic E-state index is 6.99. The van der Waals surface area contributed by atoms with Gasteiger partial charge in [0, 0.05) is 1.37 Å². The van der Waals surface area contributed by atoms with Gasteiger partial charge in [-0.1, -0.05) is 63.8 Å². The van der Waals surface area contributed by atoms with Crippen LogP contribution >= 0.6 is 0 Å². The number of unbranched alkanes of at least 4 members (excludes halogenated alkanes) is 5. The minimum absolute atomic E-state index is 0.575. The quantitative estimate of drug-likeness (QED) is 0.348. The third-order valence-electron chi connectivity index (χ3n) is 2.20. The van der Waals surface area contributed by atoms with Crippen molar-refractivity contribution < 1.29 is 1.37 Å². The van der Waals surface area contributed by atoms with E-state index in [2.05, 4.69) is 31.2 Å². The first-order valence-corrected chi connectivity index (χ1v) is 6.01. The van der Waals surface area contributed by atoms with E-state index < -0.39 is 0 Å². The maximum Gasteiger partial charge on any atom is 0.0230 e. The highest BCUT2D eigenvalue weighted by molar-refractivity contribution is 4.92. The fraction of sp³-hybridized carbons (Fsp3) is 0.714. The first-order valence-electron chi connectivity index (χ1n) is 6.71. The predicted octanol–water partition coefficient (Wildman–Crippen LogP) is 5.26. The summed E-state index contributed by atoms with van der Waals surface area (Å²) in [5, 5.41) is 0. The molecule has 0 aromatic rings. The van der Waals surface area contributed by atoms with Crippen molar-refractivity contribution in [2.45, 2.75) is 65.2 Å². The van der Waals surface area contributed by atoms with Crippen molar-refractivity contribution in [3.8, 4) is 0 Å². The second kappa shape index (κ2) is 12.5. The first-order chi connectivity index (χ1) is 7.41. The van der Waals surface area contributed by atoms with Crippen molar-refractivity contribution in [1.29, 1.82) is 0 Å². The summed E-state index contributed by atoms with van der Waals surface area (Å²) < 4.78 is 6.99. The molecule has 0 aromatic carbocycles. The van der Waals surface area contributed by atoms with Gasteiger partial charge in [-0.3, -0.25) is 0 Å². The lowest BCUT2D eigenvalue weighted by atomic mass is 10.2. The zero-order chi connectivity index (χ0) is 11.2. The average Bonchev–Trinajstić information content (AvgIpc) is 2.26. The lowest BCUT2D eigenvalue weighted by molar-refractivity contribution is 0.728. The fourth-order valence-corrected chi connectivity index (χ4v) is 1.28. The van der Waals surface area contributed by atoms with E-state index in [0.29, 0.717) is 6.90 Å². The van der Waals surface area contributed by atoms with Gasteiger partial charge >= 0.3 is 0 Å². The van der Waals surface area contributed by atoms with Crippen LogP contribution < -0.4 is 0 Å². The third-order valence-corrected chi connectivity index (χ3v) is 2.20. The molecule has 0 heteroatoms. The second-order valence-corrected chi connectivity index (χ2v) is 3.67. The summed E-state index contributed by atoms with van der Waals surface area (Å²) in [4.78, 5) is 0. The molecule has 0 nitrogen and oxygen atoms in total. The standard InChI is InChI=1S/C14H26/c1-3-5-7-9-11-13-14-12-10-8-6-4-2/h9,11-12,14H,3-8,10,13H2,1-2H3/b11-9-,14-12-/i1D. The lowest BCUT2D eigenvalue weighted by Gasteiger charge is -1.91. The van der Waals surface area contributed by atoms with Gasteiger partial charge in [0.1, 0.15) is 0 Å². The van der Waals surface area contributed by atoms with E-state index in [1.165, 1.54) is 32.1 Å². The summed E-state index contributed by atoms with van der Waals surface area (Å²) in [5.74, 6) is 0. The molecule has 0 fully saturated rings. The summed E-state index contributed by atoms with van der Waals surface area (Å²) in [6.45, 7) is 2.81. The largest absolute Gasteiger partial charge is 0.0882 e. The van der Waals surface area contributed by atoms with Crippen LogP contribution in [0.2, 0.25) is 0 Å². The van der Waals surface area contributed by atoms with Gasteiger partial charge in [-0.05, 0) is 25.7 Å². The molecule has 0 aliphatic heterocycles. The molecular weight excluding hydrogens is 168 g/mol. The van der Waals surface area contributed by atoms with Crippen molar-refractivity contribution in [2.75, 3.05) is 0 Å². The Balaban J connectivity index is 3.14. The van der Waals surface area contributed by atoms with Crippen molar-refractivity contribution in [2.24, 2.45) is 0 Å². The highest BCUT2D eigenvalue weighted by Crippen LogP contribution is 2.01. The number of allylic oxidation sites excluding steroid dienone is 4. The molecule has 0 aliphatic rings. The van der Waals surface area contributed by atoms with Gasteiger partial charge in [0.15, 0.2) is 0 Å². The average molecular weight is 195 g/mol. The number of rotatable bonds is 9. The monoisotopic (exact) mass is 195 g/mol. The molecular formula is C14H26. The molecule has 0 spiro atoms. The molecule has 0 aliphatic carbocycles. The number of hydrogen-bond donors (Lipinski definition) is 0. The molecule has 0 aromatic heterocycles. The van der Waals surface area contributed by atoms with Gasteiger partial charge in [0.25, 0.3) is 0 Å². The third kappa shape index (κ3) is 11.5. The van der Waals surface area contributed by atoms with Gasteiger partial charge in [-0.25, -0.2) is 0 Å². The molecule has 0 unspecified atom stereocenters. The van der Waals surface area contributed by atoms with E-state index in [1.807, 2.05) is 0 Å². The Labute approximate surface area is 91.5 Å². The highest BCUT2D eigenvalue weighted by atomic mass is 13.9. The number of hydrogen-bond acceptors (Lipinski definition) is 0. The van der Waals surface area contributed by atoms with Crippen LogP contribution in [0.5, 0.6) is 0 Å². The Morgan fingerprint density at radius 3 is 2.21 bits per heavy atom. The van der Waals surface area contributed by atoms with Gasteiger partial charge < -0.3 is 0 Å². The molecule has 0 rings (SSSR count). The van der Waals surface area contributed by atoms with E-state index in [-0.39, 0.29) is 0 Å². The van der Waals surface area contributed by atoms with Gasteiger partial charge in [0.05, 0.1) is 0 Å². The van der Waals surface area contributed by atoms with E-state index in [1.54, 1.807) is 0 Å². The molecule has 0 saturated carbocycles. The van der Waals surface area contributed by atoms with Crippen molar-refractivity contribution in [3.05, 3.63) is 24.3 Å². The van der Waals surface area contributed by atoms with Crippen LogP contribution in [-0.2, 0) is 0 Å². The van der Waals surface area contributed by atoms with E-state index in [0.717, 1.165) is 19.3 Å².